The van der Waals surface area contributed by atoms with E-state index >= 15 is 0 Å². The number of hydrogen-bond acceptors (Lipinski definition) is 5. The molecule has 0 amide bonds. The number of halogens is 5. The fourth-order valence-electron chi connectivity index (χ4n) is 2.55. The highest BCUT2D eigenvalue weighted by atomic mass is 35.5. The van der Waals surface area contributed by atoms with Gasteiger partial charge in [0, 0.05) is 17.2 Å². The molecule has 4 aromatic rings. The van der Waals surface area contributed by atoms with Gasteiger partial charge < -0.3 is 9.05 Å². The van der Waals surface area contributed by atoms with Gasteiger partial charge in [-0.1, -0.05) is 68.8 Å². The third-order valence-corrected chi connectivity index (χ3v) is 4.86. The second-order valence-corrected chi connectivity index (χ2v) is 7.54. The number of hydrogen-bond donors (Lipinski definition) is 0. The summed E-state index contributed by atoms with van der Waals surface area (Å²) in [5.74, 6) is -0.226. The minimum Gasteiger partial charge on any atom is -0.356 e. The topological polar surface area (TPSA) is 65.0 Å². The van der Waals surface area contributed by atoms with Gasteiger partial charge in [-0.25, -0.2) is 4.39 Å². The number of aromatic nitrogens is 3. The lowest BCUT2D eigenvalue weighted by Gasteiger charge is -2.02. The first-order valence-electron chi connectivity index (χ1n) is 7.77. The van der Waals surface area contributed by atoms with Crippen molar-refractivity contribution in [2.24, 2.45) is 0 Å². The lowest BCUT2D eigenvalue weighted by atomic mass is 10.1. The first-order valence-corrected chi connectivity index (χ1v) is 9.40. The number of alkyl halides is 2. The maximum atomic E-state index is 14.6. The summed E-state index contributed by atoms with van der Waals surface area (Å²) in [7, 11) is 0. The van der Waals surface area contributed by atoms with Crippen molar-refractivity contribution < 1.29 is 13.4 Å². The summed E-state index contributed by atoms with van der Waals surface area (Å²) in [5, 5.41) is 8.51. The minimum absolute atomic E-state index is 0.0155. The zero-order chi connectivity index (χ0) is 19.8. The van der Waals surface area contributed by atoms with Gasteiger partial charge >= 0.3 is 0 Å². The van der Waals surface area contributed by atoms with Gasteiger partial charge in [0.05, 0.1) is 15.6 Å². The predicted octanol–water partition coefficient (Wildman–Crippen LogP) is 6.98. The number of rotatable bonds is 4. The zero-order valence-corrected chi connectivity index (χ0v) is 16.7. The molecule has 28 heavy (non-hydrogen) atoms. The van der Waals surface area contributed by atoms with E-state index in [2.05, 4.69) is 15.3 Å². The fourth-order valence-corrected chi connectivity index (χ4v) is 3.32. The van der Waals surface area contributed by atoms with E-state index in [1.54, 1.807) is 30.3 Å². The van der Waals surface area contributed by atoms with Crippen LogP contribution in [0.2, 0.25) is 10.0 Å². The van der Waals surface area contributed by atoms with E-state index in [0.717, 1.165) is 0 Å². The highest BCUT2D eigenvalue weighted by molar-refractivity contribution is 6.43. The van der Waals surface area contributed by atoms with Gasteiger partial charge in [-0.15, -0.1) is 0 Å². The highest BCUT2D eigenvalue weighted by Gasteiger charge is 2.19. The van der Waals surface area contributed by atoms with E-state index in [9.17, 15) is 4.39 Å². The van der Waals surface area contributed by atoms with Crippen LogP contribution in [0.1, 0.15) is 10.7 Å². The highest BCUT2D eigenvalue weighted by Crippen LogP contribution is 2.36. The molecule has 2 heterocycles. The van der Waals surface area contributed by atoms with Crippen LogP contribution in [0.25, 0.3) is 34.0 Å². The van der Waals surface area contributed by atoms with Gasteiger partial charge in [0.2, 0.25) is 5.82 Å². The molecule has 0 saturated heterocycles. The normalized spacial score (nSPS) is 11.4. The van der Waals surface area contributed by atoms with Crippen molar-refractivity contribution in [1.29, 1.82) is 0 Å². The molecule has 0 bridgehead atoms. The lowest BCUT2D eigenvalue weighted by Crippen LogP contribution is -1.88. The molecule has 10 heteroatoms. The Morgan fingerprint density at radius 3 is 2.32 bits per heavy atom. The Balaban J connectivity index is 1.68. The summed E-state index contributed by atoms with van der Waals surface area (Å²) >= 11 is 23.7. The quantitative estimate of drug-likeness (QED) is 0.308. The molecule has 0 saturated carbocycles. The molecular weight excluding hydrogens is 451 g/mol. The van der Waals surface area contributed by atoms with Gasteiger partial charge in [-0.2, -0.15) is 4.98 Å². The van der Waals surface area contributed by atoms with E-state index in [4.69, 9.17) is 55.4 Å². The summed E-state index contributed by atoms with van der Waals surface area (Å²) < 4.78 is 24.8. The van der Waals surface area contributed by atoms with Gasteiger partial charge in [0.25, 0.3) is 5.89 Å². The fraction of sp³-hybridized carbons (Fsp3) is 0.0556. The summed E-state index contributed by atoms with van der Waals surface area (Å²) in [5.41, 5.74) is 1.56. The Labute approximate surface area is 177 Å². The van der Waals surface area contributed by atoms with Crippen molar-refractivity contribution >= 4 is 46.4 Å². The van der Waals surface area contributed by atoms with Crippen molar-refractivity contribution in [2.75, 3.05) is 0 Å². The summed E-state index contributed by atoms with van der Waals surface area (Å²) in [6.45, 7) is 0. The summed E-state index contributed by atoms with van der Waals surface area (Å²) in [4.78, 5) is 2.97. The molecule has 0 aliphatic heterocycles. The molecule has 0 unspecified atom stereocenters. The van der Waals surface area contributed by atoms with Crippen LogP contribution in [0.15, 0.2) is 51.5 Å². The smallest absolute Gasteiger partial charge is 0.260 e. The van der Waals surface area contributed by atoms with E-state index in [-0.39, 0.29) is 17.3 Å². The monoisotopic (exact) mass is 457 g/mol. The minimum atomic E-state index is -0.993. The second kappa shape index (κ2) is 7.72. The van der Waals surface area contributed by atoms with Crippen LogP contribution in [0, 0.1) is 5.82 Å². The Bertz CT molecular complexity index is 1140. The molecule has 0 fully saturated rings. The van der Waals surface area contributed by atoms with Crippen LogP contribution in [0.5, 0.6) is 0 Å². The SMILES string of the molecule is Fc1cc(-c2cc(-c3c(Cl)cccc3Cl)no2)ccc1-c1noc(C(Cl)Cl)n1. The maximum Gasteiger partial charge on any atom is 0.260 e. The number of nitrogens with zero attached hydrogens (tertiary/aromatic N) is 3. The van der Waals surface area contributed by atoms with Crippen LogP contribution in [0.3, 0.4) is 0 Å². The predicted molar refractivity (Wildman–Crippen MR) is 105 cm³/mol. The van der Waals surface area contributed by atoms with Crippen molar-refractivity contribution in [3.05, 3.63) is 64.2 Å². The molecule has 0 aliphatic carbocycles. The van der Waals surface area contributed by atoms with Gasteiger partial charge in [0.15, 0.2) is 10.6 Å². The Kier molecular flexibility index (Phi) is 5.29. The van der Waals surface area contributed by atoms with Crippen molar-refractivity contribution in [3.8, 4) is 34.0 Å². The second-order valence-electron chi connectivity index (χ2n) is 5.62. The van der Waals surface area contributed by atoms with Crippen molar-refractivity contribution in [1.82, 2.24) is 15.3 Å². The average Bonchev–Trinajstić information content (AvgIpc) is 3.31. The molecule has 2 aromatic carbocycles. The Morgan fingerprint density at radius 1 is 0.929 bits per heavy atom. The van der Waals surface area contributed by atoms with Crippen LogP contribution in [-0.2, 0) is 0 Å². The first kappa shape index (κ1) is 19.2. The van der Waals surface area contributed by atoms with E-state index in [1.165, 1.54) is 12.1 Å². The molecule has 0 radical (unpaired) electrons. The van der Waals surface area contributed by atoms with E-state index < -0.39 is 10.7 Å². The molecule has 142 valence electrons. The van der Waals surface area contributed by atoms with Crippen molar-refractivity contribution in [2.45, 2.75) is 4.84 Å². The third kappa shape index (κ3) is 3.61. The molecule has 2 aromatic heterocycles. The van der Waals surface area contributed by atoms with Crippen LogP contribution < -0.4 is 0 Å². The van der Waals surface area contributed by atoms with Crippen LogP contribution >= 0.6 is 46.4 Å². The molecular formula is C18H8Cl4FN3O2. The van der Waals surface area contributed by atoms with Crippen LogP contribution in [0.4, 0.5) is 4.39 Å². The summed E-state index contributed by atoms with van der Waals surface area (Å²) in [6.07, 6.45) is 0. The molecule has 4 rings (SSSR count). The molecule has 0 aliphatic rings. The van der Waals surface area contributed by atoms with Crippen molar-refractivity contribution in [3.63, 3.8) is 0 Å². The van der Waals surface area contributed by atoms with E-state index in [0.29, 0.717) is 32.6 Å². The molecule has 5 nitrogen and oxygen atoms in total. The zero-order valence-electron chi connectivity index (χ0n) is 13.7. The Hall–Kier alpha value is -2.12. The standard InChI is InChI=1S/C18H8Cl4FN3O2/c19-10-2-1-3-11(20)15(10)13-7-14(27-25-13)8-4-5-9(12(23)6-8)17-24-18(16(21)22)28-26-17/h1-7,16H. The number of benzene rings is 2. The first-order chi connectivity index (χ1) is 13.4. The third-order valence-electron chi connectivity index (χ3n) is 3.85. The van der Waals surface area contributed by atoms with Gasteiger partial charge in [-0.3, -0.25) is 0 Å². The Morgan fingerprint density at radius 2 is 1.68 bits per heavy atom. The van der Waals surface area contributed by atoms with E-state index in [1.807, 2.05) is 0 Å². The van der Waals surface area contributed by atoms with Gasteiger partial charge in [0.1, 0.15) is 11.5 Å². The maximum absolute atomic E-state index is 14.6. The summed E-state index contributed by atoms with van der Waals surface area (Å²) in [6, 6.07) is 11.1. The molecule has 0 spiro atoms. The lowest BCUT2D eigenvalue weighted by molar-refractivity contribution is 0.388. The van der Waals surface area contributed by atoms with Crippen LogP contribution in [-0.4, -0.2) is 15.3 Å². The average molecular weight is 459 g/mol. The molecule has 0 atom stereocenters. The molecule has 0 N–H and O–H groups in total. The largest absolute Gasteiger partial charge is 0.356 e. The van der Waals surface area contributed by atoms with Gasteiger partial charge in [-0.05, 0) is 24.3 Å².